The van der Waals surface area contributed by atoms with Crippen LogP contribution >= 0.6 is 22.6 Å². The van der Waals surface area contributed by atoms with E-state index in [-0.39, 0.29) is 0 Å². The van der Waals surface area contributed by atoms with Crippen LogP contribution in [0, 0.1) is 5.41 Å². The van der Waals surface area contributed by atoms with Crippen molar-refractivity contribution in [3.05, 3.63) is 0 Å². The van der Waals surface area contributed by atoms with Gasteiger partial charge < -0.3 is 4.74 Å². The van der Waals surface area contributed by atoms with Gasteiger partial charge in [0.05, 0.1) is 5.41 Å². The Morgan fingerprint density at radius 3 is 2.15 bits per heavy atom. The van der Waals surface area contributed by atoms with Crippen molar-refractivity contribution in [2.45, 2.75) is 20.0 Å². The minimum absolute atomic E-state index is 0.418. The molecule has 0 aromatic rings. The summed E-state index contributed by atoms with van der Waals surface area (Å²) in [5.74, 6) is -0.820. The van der Waals surface area contributed by atoms with Crippen molar-refractivity contribution in [1.29, 1.82) is 0 Å². The number of hydrogen-bond donors (Lipinski definition) is 0. The van der Waals surface area contributed by atoms with E-state index in [1.54, 1.807) is 0 Å². The first kappa shape index (κ1) is 13.0. The molecule has 6 heteroatoms. The molecule has 0 saturated carbocycles. The molecule has 0 spiro atoms. The first-order valence-corrected chi connectivity index (χ1v) is 5.01. The van der Waals surface area contributed by atoms with Crippen molar-refractivity contribution in [1.82, 2.24) is 0 Å². The van der Waals surface area contributed by atoms with E-state index in [9.17, 15) is 18.0 Å². The van der Waals surface area contributed by atoms with Gasteiger partial charge in [0.15, 0.2) is 6.61 Å². The van der Waals surface area contributed by atoms with Crippen LogP contribution in [-0.2, 0) is 9.53 Å². The number of carbonyl (C=O) groups excluding carboxylic acids is 1. The monoisotopic (exact) mass is 310 g/mol. The molecule has 0 amide bonds. The Hall–Kier alpha value is -0.0100. The van der Waals surface area contributed by atoms with Crippen molar-refractivity contribution in [3.63, 3.8) is 0 Å². The van der Waals surface area contributed by atoms with Gasteiger partial charge in [-0.15, -0.1) is 0 Å². The van der Waals surface area contributed by atoms with E-state index in [0.717, 1.165) is 0 Å². The van der Waals surface area contributed by atoms with Crippen LogP contribution in [0.2, 0.25) is 0 Å². The maximum absolute atomic E-state index is 11.6. The third kappa shape index (κ3) is 5.33. The lowest BCUT2D eigenvalue weighted by atomic mass is 9.97. The normalized spacial score (nSPS) is 12.8. The van der Waals surface area contributed by atoms with E-state index in [0.29, 0.717) is 4.43 Å². The molecule has 78 valence electrons. The van der Waals surface area contributed by atoms with Crippen LogP contribution in [0.25, 0.3) is 0 Å². The van der Waals surface area contributed by atoms with Gasteiger partial charge in [-0.3, -0.25) is 4.79 Å². The number of halogens is 4. The minimum atomic E-state index is -4.45. The van der Waals surface area contributed by atoms with E-state index < -0.39 is 24.2 Å². The van der Waals surface area contributed by atoms with E-state index in [2.05, 4.69) is 4.74 Å². The Labute approximate surface area is 88.0 Å². The van der Waals surface area contributed by atoms with Crippen LogP contribution in [-0.4, -0.2) is 23.2 Å². The van der Waals surface area contributed by atoms with Crippen molar-refractivity contribution >= 4 is 28.6 Å². The standard InChI is InChI=1S/C7H10F3IO2/c1-6(2,3-11)5(12)13-4-7(8,9)10/h3-4H2,1-2H3. The SMILES string of the molecule is CC(C)(CI)C(=O)OCC(F)(F)F. The summed E-state index contributed by atoms with van der Waals surface area (Å²) in [7, 11) is 0. The number of alkyl halides is 4. The molecule has 0 fully saturated rings. The molecule has 0 aromatic carbocycles. The van der Waals surface area contributed by atoms with E-state index >= 15 is 0 Å². The highest BCUT2D eigenvalue weighted by atomic mass is 127. The van der Waals surface area contributed by atoms with E-state index in [1.165, 1.54) is 13.8 Å². The third-order valence-corrected chi connectivity index (χ3v) is 3.16. The van der Waals surface area contributed by atoms with Crippen LogP contribution < -0.4 is 0 Å². The van der Waals surface area contributed by atoms with Crippen molar-refractivity contribution < 1.29 is 22.7 Å². The maximum Gasteiger partial charge on any atom is 0.422 e. The van der Waals surface area contributed by atoms with Gasteiger partial charge in [-0.1, -0.05) is 22.6 Å². The van der Waals surface area contributed by atoms with Crippen LogP contribution in [0.1, 0.15) is 13.8 Å². The fourth-order valence-electron chi connectivity index (χ4n) is 0.397. The van der Waals surface area contributed by atoms with Gasteiger partial charge in [0.2, 0.25) is 0 Å². The number of esters is 1. The predicted octanol–water partition coefficient (Wildman–Crippen LogP) is 2.55. The largest absolute Gasteiger partial charge is 0.456 e. The molecule has 0 aliphatic carbocycles. The molecule has 0 aliphatic heterocycles. The average molecular weight is 310 g/mol. The summed E-state index contributed by atoms with van der Waals surface area (Å²) in [4.78, 5) is 11.0. The van der Waals surface area contributed by atoms with Crippen LogP contribution in [0.3, 0.4) is 0 Å². The lowest BCUT2D eigenvalue weighted by Gasteiger charge is -2.19. The molecule has 0 heterocycles. The van der Waals surface area contributed by atoms with Gasteiger partial charge in [-0.05, 0) is 13.8 Å². The van der Waals surface area contributed by atoms with Crippen molar-refractivity contribution in [3.8, 4) is 0 Å². The molecule has 0 aromatic heterocycles. The Morgan fingerprint density at radius 1 is 1.38 bits per heavy atom. The molecule has 13 heavy (non-hydrogen) atoms. The second-order valence-electron chi connectivity index (χ2n) is 3.21. The van der Waals surface area contributed by atoms with Gasteiger partial charge in [-0.25, -0.2) is 0 Å². The molecular weight excluding hydrogens is 300 g/mol. The first-order chi connectivity index (χ1) is 5.69. The van der Waals surface area contributed by atoms with E-state index in [1.807, 2.05) is 22.6 Å². The predicted molar refractivity (Wildman–Crippen MR) is 49.7 cm³/mol. The number of rotatable bonds is 3. The maximum atomic E-state index is 11.6. The fraction of sp³-hybridized carbons (Fsp3) is 0.857. The minimum Gasteiger partial charge on any atom is -0.456 e. The summed E-state index contributed by atoms with van der Waals surface area (Å²) in [6.07, 6.45) is -4.45. The Morgan fingerprint density at radius 2 is 1.85 bits per heavy atom. The average Bonchev–Trinajstić information content (AvgIpc) is 1.98. The van der Waals surface area contributed by atoms with Gasteiger partial charge >= 0.3 is 12.1 Å². The van der Waals surface area contributed by atoms with Crippen LogP contribution in [0.4, 0.5) is 13.2 Å². The Bertz CT molecular complexity index is 189. The van der Waals surface area contributed by atoms with Gasteiger partial charge in [-0.2, -0.15) is 13.2 Å². The lowest BCUT2D eigenvalue weighted by molar-refractivity contribution is -0.191. The molecule has 0 unspecified atom stereocenters. The van der Waals surface area contributed by atoms with E-state index in [4.69, 9.17) is 0 Å². The highest BCUT2D eigenvalue weighted by Gasteiger charge is 2.34. The Kier molecular flexibility index (Phi) is 4.47. The zero-order valence-corrected chi connectivity index (χ0v) is 9.40. The third-order valence-electron chi connectivity index (χ3n) is 1.25. The Balaban J connectivity index is 4.03. The highest BCUT2D eigenvalue weighted by Crippen LogP contribution is 2.22. The molecule has 0 N–H and O–H groups in total. The topological polar surface area (TPSA) is 26.3 Å². The zero-order valence-electron chi connectivity index (χ0n) is 7.24. The smallest absolute Gasteiger partial charge is 0.422 e. The molecule has 0 atom stereocenters. The van der Waals surface area contributed by atoms with Crippen LogP contribution in [0.15, 0.2) is 0 Å². The molecule has 0 rings (SSSR count). The number of hydrogen-bond acceptors (Lipinski definition) is 2. The fourth-order valence-corrected chi connectivity index (χ4v) is 0.709. The molecule has 2 nitrogen and oxygen atoms in total. The summed E-state index contributed by atoms with van der Waals surface area (Å²) < 4.78 is 39.4. The second kappa shape index (κ2) is 4.47. The van der Waals surface area contributed by atoms with Gasteiger partial charge in [0.25, 0.3) is 0 Å². The highest BCUT2D eigenvalue weighted by molar-refractivity contribution is 14.1. The van der Waals surface area contributed by atoms with Gasteiger partial charge in [0.1, 0.15) is 0 Å². The van der Waals surface area contributed by atoms with Gasteiger partial charge in [0, 0.05) is 4.43 Å². The summed E-state index contributed by atoms with van der Waals surface area (Å²) in [5, 5.41) is 0. The zero-order chi connectivity index (χ0) is 10.7. The second-order valence-corrected chi connectivity index (χ2v) is 3.97. The van der Waals surface area contributed by atoms with Crippen LogP contribution in [0.5, 0.6) is 0 Å². The molecule has 0 aliphatic rings. The molecule has 0 bridgehead atoms. The summed E-state index contributed by atoms with van der Waals surface area (Å²) in [5.41, 5.74) is -0.855. The molecular formula is C7H10F3IO2. The summed E-state index contributed by atoms with van der Waals surface area (Å²) in [6, 6.07) is 0. The van der Waals surface area contributed by atoms with Crippen molar-refractivity contribution in [2.24, 2.45) is 5.41 Å². The molecule has 0 radical (unpaired) electrons. The summed E-state index contributed by atoms with van der Waals surface area (Å²) >= 11 is 1.92. The summed E-state index contributed by atoms with van der Waals surface area (Å²) in [6.45, 7) is 1.57. The quantitative estimate of drug-likeness (QED) is 0.455. The number of ether oxygens (including phenoxy) is 1. The lowest BCUT2D eigenvalue weighted by Crippen LogP contribution is -2.31. The molecule has 0 saturated heterocycles. The first-order valence-electron chi connectivity index (χ1n) is 3.49. The number of carbonyl (C=O) groups is 1. The van der Waals surface area contributed by atoms with Crippen molar-refractivity contribution in [2.75, 3.05) is 11.0 Å².